The highest BCUT2D eigenvalue weighted by Gasteiger charge is 2.54. The highest BCUT2D eigenvalue weighted by atomic mass is 32.1. The van der Waals surface area contributed by atoms with Crippen molar-refractivity contribution in [2.75, 3.05) is 0 Å². The number of aromatic nitrogens is 1. The molecule has 4 aliphatic carbocycles. The number of hydrogen-bond acceptors (Lipinski definition) is 3. The Bertz CT molecular complexity index is 936. The molecule has 4 aliphatic rings. The average Bonchev–Trinajstić information content (AvgIpc) is 2.90. The number of carbonyl (C=O) groups excluding carboxylic acids is 1. The number of para-hydroxylation sites is 1. The van der Waals surface area contributed by atoms with E-state index in [1.165, 1.54) is 30.6 Å². The molecule has 4 saturated carbocycles. The number of carbonyl (C=O) groups is 2. The summed E-state index contributed by atoms with van der Waals surface area (Å²) in [4.78, 5) is 29.6. The fraction of sp³-hybridized carbons (Fsp3) is 0.550. The predicted octanol–water partition coefficient (Wildman–Crippen LogP) is 3.43. The first kappa shape index (κ1) is 16.2. The number of thiazole rings is 1. The lowest BCUT2D eigenvalue weighted by molar-refractivity contribution is -0.143. The number of rotatable bonds is 3. The second-order valence-electron chi connectivity index (χ2n) is 8.45. The van der Waals surface area contributed by atoms with Crippen LogP contribution < -0.4 is 4.80 Å². The number of carboxylic acid groups (broad SMARTS) is 1. The summed E-state index contributed by atoms with van der Waals surface area (Å²) < 4.78 is 2.63. The molecule has 4 fully saturated rings. The highest BCUT2D eigenvalue weighted by Crippen LogP contribution is 2.60. The lowest BCUT2D eigenvalue weighted by atomic mass is 9.49. The lowest BCUT2D eigenvalue weighted by Gasteiger charge is -2.55. The standard InChI is InChI=1S/C20H22N2O3S/c23-17(24)11-22-15-3-1-2-4-16(15)26-19(22)21-18(25)20-8-12-5-13(9-20)7-14(6-12)10-20/h1-4,12-14H,5-11H2,(H,23,24)/b21-19-. The second-order valence-corrected chi connectivity index (χ2v) is 9.46. The molecule has 4 bridgehead atoms. The van der Waals surface area contributed by atoms with Crippen molar-refractivity contribution in [3.05, 3.63) is 29.1 Å². The molecule has 1 heterocycles. The van der Waals surface area contributed by atoms with Crippen LogP contribution in [0.2, 0.25) is 0 Å². The molecule has 1 amide bonds. The Labute approximate surface area is 155 Å². The molecule has 6 heteroatoms. The van der Waals surface area contributed by atoms with Crippen molar-refractivity contribution < 1.29 is 14.7 Å². The van der Waals surface area contributed by atoms with Crippen molar-refractivity contribution in [2.24, 2.45) is 28.2 Å². The van der Waals surface area contributed by atoms with Crippen LogP contribution in [0.25, 0.3) is 10.2 Å². The quantitative estimate of drug-likeness (QED) is 0.900. The smallest absolute Gasteiger partial charge is 0.323 e. The van der Waals surface area contributed by atoms with Crippen molar-refractivity contribution in [1.29, 1.82) is 0 Å². The number of fused-ring (bicyclic) bond motifs is 1. The van der Waals surface area contributed by atoms with Crippen LogP contribution in [-0.2, 0) is 16.1 Å². The van der Waals surface area contributed by atoms with Crippen LogP contribution in [0.15, 0.2) is 29.3 Å². The van der Waals surface area contributed by atoms with Crippen LogP contribution >= 0.6 is 11.3 Å². The minimum Gasteiger partial charge on any atom is -0.480 e. The second kappa shape index (κ2) is 5.78. The van der Waals surface area contributed by atoms with Gasteiger partial charge in [-0.2, -0.15) is 4.99 Å². The maximum atomic E-state index is 13.3. The Morgan fingerprint density at radius 2 is 1.73 bits per heavy atom. The molecule has 0 atom stereocenters. The minimum atomic E-state index is -0.919. The molecule has 1 aromatic carbocycles. The molecular formula is C20H22N2O3S. The van der Waals surface area contributed by atoms with Gasteiger partial charge in [0.25, 0.3) is 5.91 Å². The van der Waals surface area contributed by atoms with E-state index in [0.717, 1.165) is 29.5 Å². The zero-order valence-electron chi connectivity index (χ0n) is 14.6. The van der Waals surface area contributed by atoms with Gasteiger partial charge in [0, 0.05) is 0 Å². The van der Waals surface area contributed by atoms with Crippen LogP contribution in [0.1, 0.15) is 38.5 Å². The topological polar surface area (TPSA) is 71.7 Å². The average molecular weight is 370 g/mol. The molecule has 6 rings (SSSR count). The van der Waals surface area contributed by atoms with E-state index >= 15 is 0 Å². The third-order valence-corrected chi connectivity index (χ3v) is 7.63. The maximum absolute atomic E-state index is 13.3. The van der Waals surface area contributed by atoms with Crippen LogP contribution in [-0.4, -0.2) is 21.6 Å². The monoisotopic (exact) mass is 370 g/mol. The van der Waals surface area contributed by atoms with Crippen molar-refractivity contribution in [2.45, 2.75) is 45.1 Å². The molecule has 26 heavy (non-hydrogen) atoms. The predicted molar refractivity (Wildman–Crippen MR) is 98.6 cm³/mol. The van der Waals surface area contributed by atoms with Gasteiger partial charge >= 0.3 is 5.97 Å². The van der Waals surface area contributed by atoms with Gasteiger partial charge in [-0.1, -0.05) is 23.5 Å². The molecular weight excluding hydrogens is 348 g/mol. The van der Waals surface area contributed by atoms with E-state index in [2.05, 4.69) is 4.99 Å². The van der Waals surface area contributed by atoms with Gasteiger partial charge in [0.05, 0.1) is 15.6 Å². The summed E-state index contributed by atoms with van der Waals surface area (Å²) in [6.07, 6.45) is 6.79. The SMILES string of the molecule is O=C(O)Cn1/c(=N/C(=O)C23CC4CC(CC(C4)C2)C3)sc2ccccc21. The summed E-state index contributed by atoms with van der Waals surface area (Å²) in [5.74, 6) is 1.14. The van der Waals surface area contributed by atoms with Gasteiger partial charge in [-0.25, -0.2) is 0 Å². The first-order chi connectivity index (χ1) is 12.5. The van der Waals surface area contributed by atoms with Gasteiger partial charge in [-0.05, 0) is 68.4 Å². The lowest BCUT2D eigenvalue weighted by Crippen LogP contribution is -2.50. The van der Waals surface area contributed by atoms with Crippen LogP contribution in [0.4, 0.5) is 0 Å². The van der Waals surface area contributed by atoms with E-state index in [-0.39, 0.29) is 17.9 Å². The molecule has 136 valence electrons. The molecule has 1 N–H and O–H groups in total. The molecule has 5 nitrogen and oxygen atoms in total. The molecule has 0 spiro atoms. The van der Waals surface area contributed by atoms with Crippen LogP contribution in [0.3, 0.4) is 0 Å². The molecule has 0 radical (unpaired) electrons. The van der Waals surface area contributed by atoms with Crippen molar-refractivity contribution >= 4 is 33.4 Å². The Balaban J connectivity index is 1.58. The fourth-order valence-electron chi connectivity index (χ4n) is 5.97. The van der Waals surface area contributed by atoms with E-state index < -0.39 is 5.97 Å². The zero-order valence-corrected chi connectivity index (χ0v) is 15.4. The Morgan fingerprint density at radius 3 is 2.35 bits per heavy atom. The van der Waals surface area contributed by atoms with Crippen molar-refractivity contribution in [3.63, 3.8) is 0 Å². The number of aliphatic carboxylic acids is 1. The number of carboxylic acids is 1. The number of amides is 1. The highest BCUT2D eigenvalue weighted by molar-refractivity contribution is 7.16. The summed E-state index contributed by atoms with van der Waals surface area (Å²) in [5.41, 5.74) is 0.545. The first-order valence-electron chi connectivity index (χ1n) is 9.42. The largest absolute Gasteiger partial charge is 0.480 e. The third kappa shape index (κ3) is 2.54. The summed E-state index contributed by atoms with van der Waals surface area (Å²) in [6.45, 7) is -0.170. The normalized spacial score (nSPS) is 33.1. The summed E-state index contributed by atoms with van der Waals surface area (Å²) in [7, 11) is 0. The van der Waals surface area contributed by atoms with Gasteiger partial charge < -0.3 is 9.67 Å². The molecule has 0 saturated heterocycles. The van der Waals surface area contributed by atoms with Gasteiger partial charge in [0.1, 0.15) is 6.54 Å². The van der Waals surface area contributed by atoms with E-state index in [9.17, 15) is 14.7 Å². The third-order valence-electron chi connectivity index (χ3n) is 6.57. The number of nitrogens with zero attached hydrogens (tertiary/aromatic N) is 2. The van der Waals surface area contributed by atoms with Gasteiger partial charge in [-0.3, -0.25) is 9.59 Å². The maximum Gasteiger partial charge on any atom is 0.323 e. The summed E-state index contributed by atoms with van der Waals surface area (Å²) in [5, 5.41) is 9.29. The molecule has 0 aliphatic heterocycles. The van der Waals surface area contributed by atoms with Gasteiger partial charge in [0.15, 0.2) is 4.80 Å². The van der Waals surface area contributed by atoms with Crippen molar-refractivity contribution in [1.82, 2.24) is 4.57 Å². The van der Waals surface area contributed by atoms with E-state index in [0.29, 0.717) is 22.6 Å². The summed E-state index contributed by atoms with van der Waals surface area (Å²) in [6, 6.07) is 7.66. The van der Waals surface area contributed by atoms with Crippen molar-refractivity contribution in [3.8, 4) is 0 Å². The van der Waals surface area contributed by atoms with Gasteiger partial charge in [-0.15, -0.1) is 0 Å². The fourth-order valence-corrected chi connectivity index (χ4v) is 7.00. The number of benzene rings is 1. The van der Waals surface area contributed by atoms with E-state index in [1.807, 2.05) is 24.3 Å². The Kier molecular flexibility index (Phi) is 3.61. The van der Waals surface area contributed by atoms with Crippen LogP contribution in [0, 0.1) is 23.2 Å². The molecule has 1 aromatic heterocycles. The number of hydrogen-bond donors (Lipinski definition) is 1. The Hall–Kier alpha value is -1.95. The van der Waals surface area contributed by atoms with Gasteiger partial charge in [0.2, 0.25) is 0 Å². The van der Waals surface area contributed by atoms with E-state index in [1.54, 1.807) is 4.57 Å². The Morgan fingerprint density at radius 1 is 1.12 bits per heavy atom. The molecule has 0 unspecified atom stereocenters. The molecule has 2 aromatic rings. The summed E-state index contributed by atoms with van der Waals surface area (Å²) >= 11 is 1.41. The van der Waals surface area contributed by atoms with E-state index in [4.69, 9.17) is 0 Å². The minimum absolute atomic E-state index is 0.0118. The van der Waals surface area contributed by atoms with Crippen LogP contribution in [0.5, 0.6) is 0 Å². The zero-order chi connectivity index (χ0) is 17.9. The first-order valence-corrected chi connectivity index (χ1v) is 10.2.